The van der Waals surface area contributed by atoms with Crippen LogP contribution >= 0.6 is 27.5 Å². The van der Waals surface area contributed by atoms with Crippen LogP contribution in [0.4, 0.5) is 0 Å². The van der Waals surface area contributed by atoms with Gasteiger partial charge >= 0.3 is 0 Å². The van der Waals surface area contributed by atoms with E-state index in [2.05, 4.69) is 48.8 Å². The van der Waals surface area contributed by atoms with Crippen LogP contribution in [-0.4, -0.2) is 0 Å². The molecule has 0 aliphatic rings. The molecule has 0 spiro atoms. The third-order valence-corrected chi connectivity index (χ3v) is 3.96. The normalized spacial score (nSPS) is 11.4. The molecule has 0 aromatic heterocycles. The van der Waals surface area contributed by atoms with E-state index in [0.29, 0.717) is 5.02 Å². The topological polar surface area (TPSA) is 9.23 Å². The van der Waals surface area contributed by atoms with Crippen molar-refractivity contribution in [2.24, 2.45) is 0 Å². The molecule has 2 aromatic rings. The number of alkyl halides is 1. The lowest BCUT2D eigenvalue weighted by Gasteiger charge is -2.19. The van der Waals surface area contributed by atoms with Crippen molar-refractivity contribution in [3.63, 3.8) is 0 Å². The molecule has 0 unspecified atom stereocenters. The number of hydrogen-bond acceptors (Lipinski definition) is 1. The molecule has 0 bridgehead atoms. The van der Waals surface area contributed by atoms with Crippen LogP contribution in [0.15, 0.2) is 42.5 Å². The second kappa shape index (κ2) is 6.19. The number of halogens is 2. The molecule has 0 saturated carbocycles. The first-order valence-electron chi connectivity index (χ1n) is 6.53. The molecular formula is C17H18BrClO. The van der Waals surface area contributed by atoms with E-state index in [1.54, 1.807) is 0 Å². The van der Waals surface area contributed by atoms with Crippen LogP contribution in [0.3, 0.4) is 0 Å². The van der Waals surface area contributed by atoms with E-state index in [1.165, 1.54) is 5.56 Å². The first-order valence-corrected chi connectivity index (χ1v) is 8.03. The number of benzene rings is 2. The minimum Gasteiger partial charge on any atom is -0.457 e. The summed E-state index contributed by atoms with van der Waals surface area (Å²) in [5, 5.41) is 1.41. The minimum absolute atomic E-state index is 0.148. The molecule has 3 heteroatoms. The monoisotopic (exact) mass is 352 g/mol. The SMILES string of the molecule is CC(C)(C)c1ccc(Oc2cc(Cl)ccc2CBr)cc1. The molecule has 0 atom stereocenters. The summed E-state index contributed by atoms with van der Waals surface area (Å²) in [5.74, 6) is 1.61. The highest BCUT2D eigenvalue weighted by atomic mass is 79.9. The Morgan fingerprint density at radius 2 is 1.70 bits per heavy atom. The van der Waals surface area contributed by atoms with Gasteiger partial charge in [-0.3, -0.25) is 0 Å². The Hall–Kier alpha value is -0.990. The Labute approximate surface area is 134 Å². The Bertz CT molecular complexity index is 585. The summed E-state index contributed by atoms with van der Waals surface area (Å²) in [5.41, 5.74) is 2.52. The predicted octanol–water partition coefficient (Wildman–Crippen LogP) is 6.32. The smallest absolute Gasteiger partial charge is 0.132 e. The van der Waals surface area contributed by atoms with Crippen LogP contribution in [0.5, 0.6) is 11.5 Å². The molecule has 0 fully saturated rings. The first kappa shape index (κ1) is 15.4. The van der Waals surface area contributed by atoms with Gasteiger partial charge in [-0.25, -0.2) is 0 Å². The van der Waals surface area contributed by atoms with Crippen molar-refractivity contribution < 1.29 is 4.74 Å². The van der Waals surface area contributed by atoms with E-state index >= 15 is 0 Å². The first-order chi connectivity index (χ1) is 9.40. The second-order valence-electron chi connectivity index (χ2n) is 5.76. The zero-order valence-electron chi connectivity index (χ0n) is 11.9. The van der Waals surface area contributed by atoms with Crippen molar-refractivity contribution in [2.75, 3.05) is 0 Å². The quantitative estimate of drug-likeness (QED) is 0.586. The summed E-state index contributed by atoms with van der Waals surface area (Å²) in [4.78, 5) is 0. The molecule has 0 aliphatic carbocycles. The summed E-state index contributed by atoms with van der Waals surface area (Å²) >= 11 is 9.49. The van der Waals surface area contributed by atoms with Crippen molar-refractivity contribution in [2.45, 2.75) is 31.5 Å². The summed E-state index contributed by atoms with van der Waals surface area (Å²) in [6, 6.07) is 13.9. The van der Waals surface area contributed by atoms with Crippen molar-refractivity contribution in [1.29, 1.82) is 0 Å². The maximum absolute atomic E-state index is 6.03. The fraction of sp³-hybridized carbons (Fsp3) is 0.294. The van der Waals surface area contributed by atoms with Gasteiger partial charge in [-0.2, -0.15) is 0 Å². The summed E-state index contributed by atoms with van der Waals surface area (Å²) in [7, 11) is 0. The van der Waals surface area contributed by atoms with Gasteiger partial charge in [0.25, 0.3) is 0 Å². The van der Waals surface area contributed by atoms with Crippen molar-refractivity contribution >= 4 is 27.5 Å². The van der Waals surface area contributed by atoms with Crippen LogP contribution < -0.4 is 4.74 Å². The van der Waals surface area contributed by atoms with E-state index in [4.69, 9.17) is 16.3 Å². The van der Waals surface area contributed by atoms with Crippen LogP contribution in [0, 0.1) is 0 Å². The molecule has 106 valence electrons. The summed E-state index contributed by atoms with van der Waals surface area (Å²) in [6.07, 6.45) is 0. The molecular weight excluding hydrogens is 336 g/mol. The standard InChI is InChI=1S/C17H18BrClO/c1-17(2,3)13-5-8-15(9-6-13)20-16-10-14(19)7-4-12(16)11-18/h4-10H,11H2,1-3H3. The van der Waals surface area contributed by atoms with Gasteiger partial charge in [-0.1, -0.05) is 66.5 Å². The van der Waals surface area contributed by atoms with Gasteiger partial charge in [-0.15, -0.1) is 0 Å². The van der Waals surface area contributed by atoms with Crippen LogP contribution in [0.2, 0.25) is 5.02 Å². The third-order valence-electron chi connectivity index (χ3n) is 3.12. The van der Waals surface area contributed by atoms with Crippen molar-refractivity contribution in [3.8, 4) is 11.5 Å². The maximum Gasteiger partial charge on any atom is 0.132 e. The lowest BCUT2D eigenvalue weighted by molar-refractivity contribution is 0.477. The zero-order valence-corrected chi connectivity index (χ0v) is 14.3. The molecule has 20 heavy (non-hydrogen) atoms. The van der Waals surface area contributed by atoms with Gasteiger partial charge in [0.15, 0.2) is 0 Å². The number of ether oxygens (including phenoxy) is 1. The average Bonchev–Trinajstić information content (AvgIpc) is 2.38. The Balaban J connectivity index is 2.24. The third kappa shape index (κ3) is 3.77. The second-order valence-corrected chi connectivity index (χ2v) is 6.76. The van der Waals surface area contributed by atoms with Crippen molar-refractivity contribution in [3.05, 3.63) is 58.6 Å². The number of rotatable bonds is 3. The van der Waals surface area contributed by atoms with Gasteiger partial charge in [-0.05, 0) is 35.2 Å². The molecule has 2 aromatic carbocycles. The fourth-order valence-electron chi connectivity index (χ4n) is 1.88. The van der Waals surface area contributed by atoms with Crippen LogP contribution in [0.1, 0.15) is 31.9 Å². The Morgan fingerprint density at radius 3 is 2.25 bits per heavy atom. The minimum atomic E-state index is 0.148. The van der Waals surface area contributed by atoms with E-state index in [-0.39, 0.29) is 5.41 Å². The van der Waals surface area contributed by atoms with E-state index in [0.717, 1.165) is 22.4 Å². The summed E-state index contributed by atoms with van der Waals surface area (Å²) in [6.45, 7) is 6.59. The van der Waals surface area contributed by atoms with Gasteiger partial charge in [0, 0.05) is 15.9 Å². The van der Waals surface area contributed by atoms with Crippen LogP contribution in [-0.2, 0) is 10.7 Å². The fourth-order valence-corrected chi connectivity index (χ4v) is 2.51. The largest absolute Gasteiger partial charge is 0.457 e. The summed E-state index contributed by atoms with van der Waals surface area (Å²) < 4.78 is 5.93. The molecule has 0 amide bonds. The van der Waals surface area contributed by atoms with E-state index in [9.17, 15) is 0 Å². The lowest BCUT2D eigenvalue weighted by atomic mass is 9.87. The maximum atomic E-state index is 6.03. The lowest BCUT2D eigenvalue weighted by Crippen LogP contribution is -2.10. The highest BCUT2D eigenvalue weighted by Crippen LogP contribution is 2.31. The van der Waals surface area contributed by atoms with Gasteiger partial charge in [0.05, 0.1) is 0 Å². The van der Waals surface area contributed by atoms with Gasteiger partial charge < -0.3 is 4.74 Å². The molecule has 0 heterocycles. The Morgan fingerprint density at radius 1 is 1.05 bits per heavy atom. The molecule has 0 saturated heterocycles. The Kier molecular flexibility index (Phi) is 4.77. The van der Waals surface area contributed by atoms with E-state index < -0.39 is 0 Å². The molecule has 0 radical (unpaired) electrons. The van der Waals surface area contributed by atoms with Crippen molar-refractivity contribution in [1.82, 2.24) is 0 Å². The molecule has 2 rings (SSSR count). The highest BCUT2D eigenvalue weighted by molar-refractivity contribution is 9.08. The highest BCUT2D eigenvalue weighted by Gasteiger charge is 2.13. The van der Waals surface area contributed by atoms with Gasteiger partial charge in [0.2, 0.25) is 0 Å². The predicted molar refractivity (Wildman–Crippen MR) is 89.3 cm³/mol. The van der Waals surface area contributed by atoms with E-state index in [1.807, 2.05) is 30.3 Å². The molecule has 1 nitrogen and oxygen atoms in total. The average molecular weight is 354 g/mol. The molecule has 0 N–H and O–H groups in total. The van der Waals surface area contributed by atoms with Crippen LogP contribution in [0.25, 0.3) is 0 Å². The molecule has 0 aliphatic heterocycles. The zero-order chi connectivity index (χ0) is 14.8. The van der Waals surface area contributed by atoms with Gasteiger partial charge in [0.1, 0.15) is 11.5 Å². The number of hydrogen-bond donors (Lipinski definition) is 0.